The van der Waals surface area contributed by atoms with Crippen LogP contribution in [0.15, 0.2) is 30.3 Å². The maximum Gasteiger partial charge on any atom is 0.266 e. The van der Waals surface area contributed by atoms with Crippen LogP contribution in [-0.2, 0) is 11.2 Å². The zero-order chi connectivity index (χ0) is 20.0. The topological polar surface area (TPSA) is 71.5 Å². The molecule has 3 aromatic rings. The fourth-order valence-corrected chi connectivity index (χ4v) is 3.91. The molecule has 1 atom stereocenters. The number of aromatic nitrogens is 1. The van der Waals surface area contributed by atoms with Gasteiger partial charge in [0, 0.05) is 10.9 Å². The van der Waals surface area contributed by atoms with E-state index in [4.69, 9.17) is 4.74 Å². The van der Waals surface area contributed by atoms with Crippen molar-refractivity contribution in [2.24, 2.45) is 0 Å². The molecule has 0 fully saturated rings. The van der Waals surface area contributed by atoms with Crippen LogP contribution in [0.5, 0.6) is 11.5 Å². The van der Waals surface area contributed by atoms with Crippen LogP contribution >= 0.6 is 0 Å². The summed E-state index contributed by atoms with van der Waals surface area (Å²) in [5, 5.41) is 14.3. The first-order valence-corrected chi connectivity index (χ1v) is 9.52. The number of hydrogen-bond acceptors (Lipinski definition) is 4. The molecule has 5 heteroatoms. The van der Waals surface area contributed by atoms with Crippen LogP contribution in [0.3, 0.4) is 0 Å². The molecule has 0 saturated carbocycles. The number of nitrogens with zero attached hydrogens (tertiary/aromatic N) is 1. The van der Waals surface area contributed by atoms with Gasteiger partial charge in [-0.05, 0) is 74.9 Å². The lowest BCUT2D eigenvalue weighted by atomic mass is 9.91. The number of phenolic OH excluding ortho intramolecular Hbond substituents is 1. The van der Waals surface area contributed by atoms with Crippen molar-refractivity contribution in [3.63, 3.8) is 0 Å². The predicted octanol–water partition coefficient (Wildman–Crippen LogP) is 4.51. The number of carbonyl (C=O) groups is 1. The number of fused-ring (bicyclic) bond motifs is 2. The highest BCUT2D eigenvalue weighted by Gasteiger charge is 2.30. The highest BCUT2D eigenvalue weighted by Crippen LogP contribution is 2.40. The second-order valence-electron chi connectivity index (χ2n) is 7.51. The fourth-order valence-electron chi connectivity index (χ4n) is 3.91. The Hall–Kier alpha value is -3.08. The number of benzene rings is 2. The molecule has 1 aromatic heterocycles. The Morgan fingerprint density at radius 1 is 1.14 bits per heavy atom. The Morgan fingerprint density at radius 2 is 1.89 bits per heavy atom. The normalized spacial score (nSPS) is 15.8. The first-order valence-electron chi connectivity index (χ1n) is 9.52. The molecule has 0 spiro atoms. The number of pyridine rings is 1. The molecule has 2 heterocycles. The van der Waals surface area contributed by atoms with E-state index in [2.05, 4.69) is 10.3 Å². The molecule has 0 aliphatic carbocycles. The average molecular weight is 376 g/mol. The summed E-state index contributed by atoms with van der Waals surface area (Å²) in [6.45, 7) is 7.69. The van der Waals surface area contributed by atoms with Crippen LogP contribution < -0.4 is 10.1 Å². The van der Waals surface area contributed by atoms with Crippen LogP contribution in [0.25, 0.3) is 10.9 Å². The Bertz CT molecular complexity index is 1100. The highest BCUT2D eigenvalue weighted by atomic mass is 16.5. The average Bonchev–Trinajstić information content (AvgIpc) is 2.70. The van der Waals surface area contributed by atoms with E-state index in [-0.39, 0.29) is 5.91 Å². The van der Waals surface area contributed by atoms with Crippen LogP contribution in [0.1, 0.15) is 34.2 Å². The second-order valence-corrected chi connectivity index (χ2v) is 7.51. The zero-order valence-electron chi connectivity index (χ0n) is 16.6. The third-order valence-electron chi connectivity index (χ3n) is 5.72. The third-order valence-corrected chi connectivity index (χ3v) is 5.72. The Labute approximate surface area is 164 Å². The number of anilines is 1. The predicted molar refractivity (Wildman–Crippen MR) is 110 cm³/mol. The summed E-state index contributed by atoms with van der Waals surface area (Å²) in [5.41, 5.74) is 5.42. The van der Waals surface area contributed by atoms with Gasteiger partial charge in [-0.15, -0.1) is 0 Å². The smallest absolute Gasteiger partial charge is 0.266 e. The summed E-state index contributed by atoms with van der Waals surface area (Å²) in [6, 6.07) is 9.76. The van der Waals surface area contributed by atoms with Gasteiger partial charge in [-0.1, -0.05) is 18.2 Å². The van der Waals surface area contributed by atoms with Gasteiger partial charge in [0.25, 0.3) is 5.91 Å². The SMILES string of the molecule is Cc1c(C)c2c(c(C)c1O)CCC(C(=O)Nc1cc(C)c3ccccc3n1)O2. The molecular weight excluding hydrogens is 352 g/mol. The lowest BCUT2D eigenvalue weighted by molar-refractivity contribution is -0.123. The lowest BCUT2D eigenvalue weighted by Gasteiger charge is -2.29. The molecule has 2 aromatic carbocycles. The minimum absolute atomic E-state index is 0.199. The van der Waals surface area contributed by atoms with Gasteiger partial charge in [-0.25, -0.2) is 4.98 Å². The molecule has 144 valence electrons. The van der Waals surface area contributed by atoms with E-state index in [9.17, 15) is 9.90 Å². The summed E-state index contributed by atoms with van der Waals surface area (Å²) >= 11 is 0. The van der Waals surface area contributed by atoms with E-state index < -0.39 is 6.10 Å². The van der Waals surface area contributed by atoms with Crippen molar-refractivity contribution in [2.45, 2.75) is 46.6 Å². The Kier molecular flexibility index (Phi) is 4.46. The molecule has 1 aliphatic heterocycles. The van der Waals surface area contributed by atoms with E-state index >= 15 is 0 Å². The molecule has 2 N–H and O–H groups in total. The van der Waals surface area contributed by atoms with E-state index in [1.807, 2.05) is 58.0 Å². The molecule has 0 bridgehead atoms. The maximum absolute atomic E-state index is 12.8. The van der Waals surface area contributed by atoms with E-state index in [1.165, 1.54) is 0 Å². The number of phenols is 1. The second kappa shape index (κ2) is 6.82. The molecule has 28 heavy (non-hydrogen) atoms. The van der Waals surface area contributed by atoms with Crippen molar-refractivity contribution in [3.05, 3.63) is 58.1 Å². The number of aromatic hydroxyl groups is 1. The van der Waals surface area contributed by atoms with Crippen LogP contribution in [0, 0.1) is 27.7 Å². The molecular formula is C23H24N2O3. The van der Waals surface area contributed by atoms with Gasteiger partial charge in [-0.2, -0.15) is 0 Å². The van der Waals surface area contributed by atoms with Crippen molar-refractivity contribution in [1.82, 2.24) is 4.98 Å². The Balaban J connectivity index is 1.59. The van der Waals surface area contributed by atoms with Crippen LogP contribution in [0.2, 0.25) is 0 Å². The van der Waals surface area contributed by atoms with Crippen molar-refractivity contribution >= 4 is 22.6 Å². The number of amides is 1. The number of ether oxygens (including phenoxy) is 1. The molecule has 1 aliphatic rings. The number of para-hydroxylation sites is 1. The molecule has 1 amide bonds. The van der Waals surface area contributed by atoms with Crippen molar-refractivity contribution in [1.29, 1.82) is 0 Å². The zero-order valence-corrected chi connectivity index (χ0v) is 16.6. The van der Waals surface area contributed by atoms with E-state index in [0.29, 0.717) is 24.4 Å². The van der Waals surface area contributed by atoms with Gasteiger partial charge in [0.15, 0.2) is 6.10 Å². The molecule has 4 rings (SSSR count). The number of aryl methyl sites for hydroxylation is 1. The molecule has 0 radical (unpaired) electrons. The first-order chi connectivity index (χ1) is 13.4. The number of rotatable bonds is 2. The minimum atomic E-state index is -0.580. The van der Waals surface area contributed by atoms with Gasteiger partial charge >= 0.3 is 0 Å². The summed E-state index contributed by atoms with van der Waals surface area (Å²) in [4.78, 5) is 17.4. The lowest BCUT2D eigenvalue weighted by Crippen LogP contribution is -2.36. The Morgan fingerprint density at radius 3 is 2.68 bits per heavy atom. The number of carbonyl (C=O) groups excluding carboxylic acids is 1. The molecule has 5 nitrogen and oxygen atoms in total. The van der Waals surface area contributed by atoms with E-state index in [0.717, 1.165) is 44.5 Å². The third kappa shape index (κ3) is 2.97. The standard InChI is InChI=1S/C23H24N2O3/c1-12-11-20(24-18-8-6-5-7-16(12)18)25-23(27)19-10-9-17-15(4)21(26)13(2)14(3)22(17)28-19/h5-8,11,19,26H,9-10H2,1-4H3,(H,24,25,27). The van der Waals surface area contributed by atoms with Crippen LogP contribution in [-0.4, -0.2) is 22.1 Å². The summed E-state index contributed by atoms with van der Waals surface area (Å²) in [5.74, 6) is 1.38. The molecule has 0 saturated heterocycles. The largest absolute Gasteiger partial charge is 0.507 e. The van der Waals surface area contributed by atoms with Crippen LogP contribution in [0.4, 0.5) is 5.82 Å². The monoisotopic (exact) mass is 376 g/mol. The summed E-state index contributed by atoms with van der Waals surface area (Å²) in [6.07, 6.45) is 0.676. The summed E-state index contributed by atoms with van der Waals surface area (Å²) in [7, 11) is 0. The maximum atomic E-state index is 12.8. The number of hydrogen-bond donors (Lipinski definition) is 2. The van der Waals surface area contributed by atoms with Gasteiger partial charge in [0.05, 0.1) is 5.52 Å². The van der Waals surface area contributed by atoms with Gasteiger partial charge in [-0.3, -0.25) is 4.79 Å². The van der Waals surface area contributed by atoms with Gasteiger partial charge < -0.3 is 15.2 Å². The summed E-state index contributed by atoms with van der Waals surface area (Å²) < 4.78 is 6.08. The number of nitrogens with one attached hydrogen (secondary N) is 1. The fraction of sp³-hybridized carbons (Fsp3) is 0.304. The minimum Gasteiger partial charge on any atom is -0.507 e. The van der Waals surface area contributed by atoms with Crippen molar-refractivity contribution in [3.8, 4) is 11.5 Å². The quantitative estimate of drug-likeness (QED) is 0.690. The van der Waals surface area contributed by atoms with E-state index in [1.54, 1.807) is 0 Å². The molecule has 1 unspecified atom stereocenters. The van der Waals surface area contributed by atoms with Gasteiger partial charge in [0.1, 0.15) is 17.3 Å². The van der Waals surface area contributed by atoms with Crippen molar-refractivity contribution in [2.75, 3.05) is 5.32 Å². The highest BCUT2D eigenvalue weighted by molar-refractivity contribution is 5.95. The first kappa shape index (κ1) is 18.3. The van der Waals surface area contributed by atoms with Gasteiger partial charge in [0.2, 0.25) is 0 Å². The van der Waals surface area contributed by atoms with Crippen molar-refractivity contribution < 1.29 is 14.6 Å².